The van der Waals surface area contributed by atoms with Gasteiger partial charge < -0.3 is 0 Å². The van der Waals surface area contributed by atoms with Gasteiger partial charge >= 0.3 is 5.69 Å². The largest absolute Gasteiger partial charge is 0.335 e. The van der Waals surface area contributed by atoms with Crippen molar-refractivity contribution in [2.45, 2.75) is 43.2 Å². The summed E-state index contributed by atoms with van der Waals surface area (Å²) >= 11 is 0.457. The van der Waals surface area contributed by atoms with Crippen molar-refractivity contribution >= 4 is 32.4 Å². The Morgan fingerprint density at radius 3 is 2.50 bits per heavy atom. The summed E-state index contributed by atoms with van der Waals surface area (Å²) in [4.78, 5) is 12.0. The molecule has 2 aromatic heterocycles. The lowest BCUT2D eigenvalue weighted by Crippen LogP contribution is -2.38. The number of alkyl halides is 3. The average molecular weight is 465 g/mol. The van der Waals surface area contributed by atoms with Crippen molar-refractivity contribution < 1.29 is 26.0 Å². The molecule has 14 heteroatoms. The molecule has 0 saturated heterocycles. The van der Waals surface area contributed by atoms with Gasteiger partial charge in [-0.25, -0.2) is 40.1 Å². The smallest absolute Gasteiger partial charge is 0.292 e. The molecule has 0 atom stereocenters. The van der Waals surface area contributed by atoms with Crippen LogP contribution in [0.3, 0.4) is 0 Å². The molecule has 1 saturated carbocycles. The summed E-state index contributed by atoms with van der Waals surface area (Å²) in [7, 11) is -4.45. The highest BCUT2D eigenvalue weighted by Crippen LogP contribution is 2.38. The summed E-state index contributed by atoms with van der Waals surface area (Å²) in [5.74, 6) is -1.13. The number of benzene rings is 1. The Bertz CT molecular complexity index is 1290. The molecule has 0 bridgehead atoms. The monoisotopic (exact) mass is 465 g/mol. The van der Waals surface area contributed by atoms with Gasteiger partial charge in [-0.2, -0.15) is 0 Å². The molecule has 4 rings (SSSR count). The van der Waals surface area contributed by atoms with Crippen LogP contribution in [0.25, 0.3) is 16.2 Å². The normalized spacial score (nSPS) is 15.9. The van der Waals surface area contributed by atoms with E-state index in [0.717, 1.165) is 21.3 Å². The number of sulfonamides is 1. The lowest BCUT2D eigenvalue weighted by molar-refractivity contribution is 0.150. The van der Waals surface area contributed by atoms with Crippen LogP contribution < -0.4 is 10.4 Å². The lowest BCUT2D eigenvalue weighted by atomic mass is 10.3. The van der Waals surface area contributed by atoms with Crippen LogP contribution in [0.4, 0.5) is 17.6 Å². The van der Waals surface area contributed by atoms with E-state index in [1.807, 2.05) is 0 Å². The Morgan fingerprint density at radius 1 is 1.27 bits per heavy atom. The van der Waals surface area contributed by atoms with Crippen LogP contribution in [0, 0.1) is 5.82 Å². The van der Waals surface area contributed by atoms with Gasteiger partial charge in [0.05, 0.1) is 16.6 Å². The van der Waals surface area contributed by atoms with Crippen molar-refractivity contribution in [2.75, 3.05) is 6.67 Å². The number of fused-ring (bicyclic) bond motifs is 1. The van der Waals surface area contributed by atoms with E-state index in [4.69, 9.17) is 0 Å². The Hall–Kier alpha value is -2.32. The van der Waals surface area contributed by atoms with E-state index in [0.29, 0.717) is 11.3 Å². The molecule has 1 aromatic carbocycles. The molecule has 1 N–H and O–H groups in total. The van der Waals surface area contributed by atoms with Crippen LogP contribution in [0.1, 0.15) is 31.2 Å². The third-order valence-electron chi connectivity index (χ3n) is 4.86. The topological polar surface area (TPSA) is 98.9 Å². The second-order valence-electron chi connectivity index (χ2n) is 6.88. The standard InChI is InChI=1S/C16H15F4N5O3S2/c1-2-24-9-5-8(18)11(30(27,28)23-16(7-17)3-4-16)6-10(9)25(15(24)26)14-22-21-13(29-14)12(19)20/h5-6,12,23H,2-4,7H2,1H3. The molecule has 1 aliphatic carbocycles. The van der Waals surface area contributed by atoms with Crippen LogP contribution in [-0.4, -0.2) is 40.0 Å². The van der Waals surface area contributed by atoms with Crippen molar-refractivity contribution in [2.24, 2.45) is 0 Å². The van der Waals surface area contributed by atoms with Gasteiger partial charge in [0.15, 0.2) is 5.01 Å². The zero-order valence-corrected chi connectivity index (χ0v) is 17.0. The molecule has 0 amide bonds. The van der Waals surface area contributed by atoms with Gasteiger partial charge in [0, 0.05) is 12.6 Å². The molecule has 0 aliphatic heterocycles. The molecule has 0 unspecified atom stereocenters. The number of imidazole rings is 1. The maximum Gasteiger partial charge on any atom is 0.335 e. The van der Waals surface area contributed by atoms with E-state index >= 15 is 0 Å². The summed E-state index contributed by atoms with van der Waals surface area (Å²) in [5, 5.41) is 6.10. The number of hydrogen-bond donors (Lipinski definition) is 1. The van der Waals surface area contributed by atoms with Gasteiger partial charge in [-0.05, 0) is 25.8 Å². The van der Waals surface area contributed by atoms with Crippen molar-refractivity contribution in [1.82, 2.24) is 24.1 Å². The molecule has 3 aromatic rings. The Morgan fingerprint density at radius 2 is 1.97 bits per heavy atom. The molecule has 0 radical (unpaired) electrons. The highest BCUT2D eigenvalue weighted by molar-refractivity contribution is 7.89. The van der Waals surface area contributed by atoms with Gasteiger partial charge in [0.1, 0.15) is 17.4 Å². The maximum atomic E-state index is 14.7. The Kier molecular flexibility index (Phi) is 4.97. The van der Waals surface area contributed by atoms with E-state index in [2.05, 4.69) is 14.9 Å². The van der Waals surface area contributed by atoms with E-state index < -0.39 is 50.1 Å². The van der Waals surface area contributed by atoms with Gasteiger partial charge in [0.25, 0.3) is 6.43 Å². The number of halogens is 4. The van der Waals surface area contributed by atoms with Crippen LogP contribution >= 0.6 is 11.3 Å². The molecule has 1 aliphatic rings. The zero-order chi connectivity index (χ0) is 21.8. The molecular formula is C16H15F4N5O3S2. The second-order valence-corrected chi connectivity index (χ2v) is 9.51. The van der Waals surface area contributed by atoms with Crippen molar-refractivity contribution in [3.05, 3.63) is 33.4 Å². The fourth-order valence-corrected chi connectivity index (χ4v) is 5.34. The predicted octanol–water partition coefficient (Wildman–Crippen LogP) is 2.52. The van der Waals surface area contributed by atoms with Crippen LogP contribution in [0.15, 0.2) is 21.8 Å². The molecule has 0 spiro atoms. The number of rotatable bonds is 7. The molecule has 162 valence electrons. The van der Waals surface area contributed by atoms with Crippen LogP contribution in [0.2, 0.25) is 0 Å². The molecule has 30 heavy (non-hydrogen) atoms. The van der Waals surface area contributed by atoms with Crippen molar-refractivity contribution in [3.8, 4) is 5.13 Å². The highest BCUT2D eigenvalue weighted by atomic mass is 32.2. The average Bonchev–Trinajstić information content (AvgIpc) is 3.16. The first-order chi connectivity index (χ1) is 14.1. The SMILES string of the molecule is CCn1c(=O)n(-c2nnc(C(F)F)s2)c2cc(S(=O)(=O)NC3(CF)CC3)c(F)cc21. The summed E-state index contributed by atoms with van der Waals surface area (Å²) in [6.07, 6.45) is -2.34. The first-order valence-electron chi connectivity index (χ1n) is 8.79. The maximum absolute atomic E-state index is 14.7. The van der Waals surface area contributed by atoms with Crippen LogP contribution in [-0.2, 0) is 16.6 Å². The first kappa shape index (κ1) is 20.9. The molecule has 8 nitrogen and oxygen atoms in total. The molecular weight excluding hydrogens is 450 g/mol. The minimum atomic E-state index is -4.45. The lowest BCUT2D eigenvalue weighted by Gasteiger charge is -2.14. The van der Waals surface area contributed by atoms with Gasteiger partial charge in [-0.1, -0.05) is 11.3 Å². The van der Waals surface area contributed by atoms with Crippen LogP contribution in [0.5, 0.6) is 0 Å². The van der Waals surface area contributed by atoms with Gasteiger partial charge in [-0.15, -0.1) is 10.2 Å². The van der Waals surface area contributed by atoms with E-state index in [1.165, 1.54) is 0 Å². The number of nitrogens with one attached hydrogen (secondary N) is 1. The van der Waals surface area contributed by atoms with Crippen molar-refractivity contribution in [3.63, 3.8) is 0 Å². The number of hydrogen-bond acceptors (Lipinski definition) is 6. The third-order valence-corrected chi connectivity index (χ3v) is 7.37. The summed E-state index contributed by atoms with van der Waals surface area (Å²) < 4.78 is 83.2. The fraction of sp³-hybridized carbons (Fsp3) is 0.438. The third kappa shape index (κ3) is 3.32. The van der Waals surface area contributed by atoms with E-state index in [1.54, 1.807) is 6.92 Å². The zero-order valence-electron chi connectivity index (χ0n) is 15.4. The number of nitrogens with zero attached hydrogens (tertiary/aromatic N) is 4. The summed E-state index contributed by atoms with van der Waals surface area (Å²) in [5.41, 5.74) is -1.96. The quantitative estimate of drug-likeness (QED) is 0.541. The Labute approximate surface area is 171 Å². The van der Waals surface area contributed by atoms with E-state index in [9.17, 15) is 30.8 Å². The fourth-order valence-electron chi connectivity index (χ4n) is 3.11. The minimum absolute atomic E-state index is 0.0503. The summed E-state index contributed by atoms with van der Waals surface area (Å²) in [6.45, 7) is 0.782. The van der Waals surface area contributed by atoms with Crippen molar-refractivity contribution in [1.29, 1.82) is 0 Å². The molecule has 2 heterocycles. The Balaban J connectivity index is 1.93. The number of aryl methyl sites for hydroxylation is 1. The minimum Gasteiger partial charge on any atom is -0.292 e. The first-order valence-corrected chi connectivity index (χ1v) is 11.1. The summed E-state index contributed by atoms with van der Waals surface area (Å²) in [6, 6.07) is 1.79. The second kappa shape index (κ2) is 7.13. The molecule has 1 fully saturated rings. The van der Waals surface area contributed by atoms with Gasteiger partial charge in [0.2, 0.25) is 15.2 Å². The highest BCUT2D eigenvalue weighted by Gasteiger charge is 2.47. The van der Waals surface area contributed by atoms with Gasteiger partial charge in [-0.3, -0.25) is 4.57 Å². The number of aromatic nitrogens is 4. The van der Waals surface area contributed by atoms with E-state index in [-0.39, 0.29) is 35.6 Å². The predicted molar refractivity (Wildman–Crippen MR) is 99.9 cm³/mol.